The van der Waals surface area contributed by atoms with Gasteiger partial charge in [-0.3, -0.25) is 4.79 Å². The van der Waals surface area contributed by atoms with Gasteiger partial charge in [-0.1, -0.05) is 11.3 Å². The van der Waals surface area contributed by atoms with Crippen molar-refractivity contribution in [3.63, 3.8) is 0 Å². The molecule has 1 amide bonds. The van der Waals surface area contributed by atoms with E-state index in [-0.39, 0.29) is 5.01 Å². The third-order valence-corrected chi connectivity index (χ3v) is 2.63. The fraction of sp³-hybridized carbons (Fsp3) is 0.625. The molecule has 0 aliphatic rings. The smallest absolute Gasteiger partial charge is 0.324 e. The molecule has 0 aromatic carbocycles. The molecule has 0 fully saturated rings. The van der Waals surface area contributed by atoms with Gasteiger partial charge in [-0.2, -0.15) is 8.78 Å². The van der Waals surface area contributed by atoms with E-state index in [0.717, 1.165) is 11.3 Å². The number of alkyl halides is 4. The molecule has 1 rings (SSSR count). The van der Waals surface area contributed by atoms with Crippen molar-refractivity contribution >= 4 is 22.4 Å². The Labute approximate surface area is 104 Å². The zero-order valence-corrected chi connectivity index (χ0v) is 10.0. The lowest BCUT2D eigenvalue weighted by Crippen LogP contribution is -2.41. The van der Waals surface area contributed by atoms with E-state index in [1.54, 1.807) is 12.2 Å². The summed E-state index contributed by atoms with van der Waals surface area (Å²) in [4.78, 5) is 11.3. The van der Waals surface area contributed by atoms with Gasteiger partial charge in [0.05, 0.1) is 6.54 Å². The summed E-state index contributed by atoms with van der Waals surface area (Å²) in [5.74, 6) is -5.22. The van der Waals surface area contributed by atoms with Gasteiger partial charge >= 0.3 is 12.3 Å². The Balaban J connectivity index is 2.55. The van der Waals surface area contributed by atoms with E-state index in [4.69, 9.17) is 0 Å². The molecule has 0 saturated carbocycles. The number of aromatic nitrogens is 2. The molecular weight excluding hydrogens is 276 g/mol. The summed E-state index contributed by atoms with van der Waals surface area (Å²) in [5, 5.41) is 11.6. The first-order chi connectivity index (χ1) is 8.36. The van der Waals surface area contributed by atoms with Gasteiger partial charge in [-0.05, 0) is 6.92 Å². The molecule has 0 unspecified atom stereocenters. The van der Waals surface area contributed by atoms with Gasteiger partial charge < -0.3 is 10.6 Å². The largest absolute Gasteiger partial charge is 0.360 e. The highest BCUT2D eigenvalue weighted by atomic mass is 32.1. The van der Waals surface area contributed by atoms with E-state index in [1.165, 1.54) is 0 Å². The predicted octanol–water partition coefficient (Wildman–Crippen LogP) is 1.60. The average Bonchev–Trinajstić information content (AvgIpc) is 2.75. The Morgan fingerprint density at radius 2 is 2.11 bits per heavy atom. The van der Waals surface area contributed by atoms with Gasteiger partial charge in [0, 0.05) is 6.54 Å². The standard InChI is InChI=1S/C8H10F4N4OS/c1-2-13-7-16-15-5(18-7)4(17)14-3-8(11,12)6(9)10/h6H,2-3H2,1H3,(H,13,16)(H,14,17). The molecule has 1 heterocycles. The highest BCUT2D eigenvalue weighted by Crippen LogP contribution is 2.22. The number of carbonyl (C=O) groups excluding carboxylic acids is 1. The van der Waals surface area contributed by atoms with E-state index in [2.05, 4.69) is 15.5 Å². The van der Waals surface area contributed by atoms with Crippen LogP contribution in [0.15, 0.2) is 0 Å². The van der Waals surface area contributed by atoms with Crippen molar-refractivity contribution in [1.82, 2.24) is 15.5 Å². The normalized spacial score (nSPS) is 11.7. The van der Waals surface area contributed by atoms with Gasteiger partial charge in [0.2, 0.25) is 10.1 Å². The Hall–Kier alpha value is -1.45. The summed E-state index contributed by atoms with van der Waals surface area (Å²) in [6.07, 6.45) is -3.83. The monoisotopic (exact) mass is 286 g/mol. The minimum Gasteiger partial charge on any atom is -0.360 e. The molecule has 0 aliphatic heterocycles. The number of nitrogens with zero attached hydrogens (tertiary/aromatic N) is 2. The molecule has 1 aromatic rings. The maximum absolute atomic E-state index is 12.5. The predicted molar refractivity (Wildman–Crippen MR) is 57.4 cm³/mol. The third kappa shape index (κ3) is 3.79. The van der Waals surface area contributed by atoms with Crippen molar-refractivity contribution in [3.8, 4) is 0 Å². The van der Waals surface area contributed by atoms with Crippen LogP contribution in [-0.2, 0) is 0 Å². The van der Waals surface area contributed by atoms with Crippen LogP contribution in [-0.4, -0.2) is 41.5 Å². The fourth-order valence-electron chi connectivity index (χ4n) is 0.889. The van der Waals surface area contributed by atoms with Crippen molar-refractivity contribution in [1.29, 1.82) is 0 Å². The number of nitrogens with one attached hydrogen (secondary N) is 2. The van der Waals surface area contributed by atoms with Gasteiger partial charge in [0.25, 0.3) is 5.91 Å². The van der Waals surface area contributed by atoms with Crippen LogP contribution in [0, 0.1) is 0 Å². The minimum absolute atomic E-state index is 0.170. The summed E-state index contributed by atoms with van der Waals surface area (Å²) in [7, 11) is 0. The fourth-order valence-corrected chi connectivity index (χ4v) is 1.62. The Bertz CT molecular complexity index is 412. The summed E-state index contributed by atoms with van der Waals surface area (Å²) in [6, 6.07) is 0. The maximum atomic E-state index is 12.5. The Kier molecular flexibility index (Phi) is 4.82. The zero-order chi connectivity index (χ0) is 13.8. The first kappa shape index (κ1) is 14.6. The lowest BCUT2D eigenvalue weighted by molar-refractivity contribution is -0.123. The van der Waals surface area contributed by atoms with Crippen LogP contribution >= 0.6 is 11.3 Å². The molecule has 0 saturated heterocycles. The van der Waals surface area contributed by atoms with Crippen LogP contribution in [0.3, 0.4) is 0 Å². The first-order valence-corrected chi connectivity index (χ1v) is 5.70. The molecule has 0 aliphatic carbocycles. The van der Waals surface area contributed by atoms with Gasteiger partial charge in [0.1, 0.15) is 0 Å². The highest BCUT2D eigenvalue weighted by molar-refractivity contribution is 7.17. The summed E-state index contributed by atoms with van der Waals surface area (Å²) >= 11 is 0.847. The van der Waals surface area contributed by atoms with Gasteiger partial charge in [-0.25, -0.2) is 8.78 Å². The van der Waals surface area contributed by atoms with Crippen molar-refractivity contribution < 1.29 is 22.4 Å². The van der Waals surface area contributed by atoms with Crippen molar-refractivity contribution in [2.24, 2.45) is 0 Å². The molecule has 1 aromatic heterocycles. The maximum Gasteiger partial charge on any atom is 0.324 e. The minimum atomic E-state index is -4.26. The van der Waals surface area contributed by atoms with E-state index in [1.807, 2.05) is 0 Å². The Morgan fingerprint density at radius 3 is 2.67 bits per heavy atom. The van der Waals surface area contributed by atoms with Crippen LogP contribution in [0.5, 0.6) is 0 Å². The molecule has 2 N–H and O–H groups in total. The van der Waals surface area contributed by atoms with Crippen molar-refractivity contribution in [2.45, 2.75) is 19.3 Å². The molecule has 0 spiro atoms. The van der Waals surface area contributed by atoms with Crippen LogP contribution < -0.4 is 10.6 Å². The average molecular weight is 286 g/mol. The number of carbonyl (C=O) groups is 1. The van der Waals surface area contributed by atoms with Crippen molar-refractivity contribution in [2.75, 3.05) is 18.4 Å². The summed E-state index contributed by atoms with van der Waals surface area (Å²) in [5.41, 5.74) is 0. The molecular formula is C8H10F4N4OS. The molecule has 0 atom stereocenters. The number of amides is 1. The number of anilines is 1. The lowest BCUT2D eigenvalue weighted by Gasteiger charge is -2.14. The van der Waals surface area contributed by atoms with E-state index in [0.29, 0.717) is 11.7 Å². The quantitative estimate of drug-likeness (QED) is 0.780. The van der Waals surface area contributed by atoms with Crippen LogP contribution in [0.2, 0.25) is 0 Å². The number of hydrogen-bond acceptors (Lipinski definition) is 5. The highest BCUT2D eigenvalue weighted by Gasteiger charge is 2.41. The summed E-state index contributed by atoms with van der Waals surface area (Å²) in [6.45, 7) is 0.906. The Morgan fingerprint density at radius 1 is 1.44 bits per heavy atom. The van der Waals surface area contributed by atoms with E-state index < -0.39 is 24.8 Å². The zero-order valence-electron chi connectivity index (χ0n) is 9.21. The second-order valence-electron chi connectivity index (χ2n) is 3.19. The number of rotatable bonds is 6. The molecule has 18 heavy (non-hydrogen) atoms. The van der Waals surface area contributed by atoms with Crippen LogP contribution in [0.25, 0.3) is 0 Å². The first-order valence-electron chi connectivity index (χ1n) is 4.88. The SMILES string of the molecule is CCNc1nnc(C(=O)NCC(F)(F)C(F)F)s1. The number of halogens is 4. The second-order valence-corrected chi connectivity index (χ2v) is 4.16. The van der Waals surface area contributed by atoms with E-state index >= 15 is 0 Å². The summed E-state index contributed by atoms with van der Waals surface area (Å²) < 4.78 is 48.7. The van der Waals surface area contributed by atoms with Crippen LogP contribution in [0.4, 0.5) is 22.7 Å². The van der Waals surface area contributed by atoms with E-state index in [9.17, 15) is 22.4 Å². The molecule has 0 bridgehead atoms. The number of hydrogen-bond donors (Lipinski definition) is 2. The molecule has 5 nitrogen and oxygen atoms in total. The van der Waals surface area contributed by atoms with Crippen molar-refractivity contribution in [3.05, 3.63) is 5.01 Å². The third-order valence-electron chi connectivity index (χ3n) is 1.75. The van der Waals surface area contributed by atoms with Crippen LogP contribution in [0.1, 0.15) is 16.7 Å². The van der Waals surface area contributed by atoms with Gasteiger partial charge in [0.15, 0.2) is 0 Å². The lowest BCUT2D eigenvalue weighted by atomic mass is 10.3. The molecule has 0 radical (unpaired) electrons. The molecule has 10 heteroatoms. The topological polar surface area (TPSA) is 66.9 Å². The molecule has 102 valence electrons. The second kappa shape index (κ2) is 5.94. The van der Waals surface area contributed by atoms with Gasteiger partial charge in [-0.15, -0.1) is 10.2 Å².